The van der Waals surface area contributed by atoms with Crippen molar-refractivity contribution in [2.75, 3.05) is 13.6 Å². The monoisotopic (exact) mass is 408 g/mol. The predicted molar refractivity (Wildman–Crippen MR) is 128 cm³/mol. The second-order valence-corrected chi connectivity index (χ2v) is 9.44. The zero-order valence-electron chi connectivity index (χ0n) is 20.0. The number of urea groups is 1. The number of unbranched alkanes of at least 4 members (excludes halogenated alkanes) is 15. The molecular weight excluding hydrogens is 356 g/mol. The van der Waals surface area contributed by atoms with Crippen LogP contribution in [-0.4, -0.2) is 30.6 Å². The van der Waals surface area contributed by atoms with E-state index in [4.69, 9.17) is 0 Å². The van der Waals surface area contributed by atoms with E-state index >= 15 is 0 Å². The molecule has 0 bridgehead atoms. The summed E-state index contributed by atoms with van der Waals surface area (Å²) in [6, 6.07) is 0.604. The molecule has 1 aliphatic rings. The van der Waals surface area contributed by atoms with E-state index in [9.17, 15) is 4.79 Å². The van der Waals surface area contributed by atoms with Gasteiger partial charge in [-0.05, 0) is 19.3 Å². The molecule has 1 N–H and O–H groups in total. The van der Waals surface area contributed by atoms with Gasteiger partial charge in [-0.15, -0.1) is 0 Å². The molecule has 0 heterocycles. The third-order valence-corrected chi connectivity index (χ3v) is 6.75. The van der Waals surface area contributed by atoms with Crippen LogP contribution in [0.4, 0.5) is 4.79 Å². The Bertz CT molecular complexity index is 366. The summed E-state index contributed by atoms with van der Waals surface area (Å²) in [7, 11) is 1.97. The number of nitrogens with one attached hydrogen (secondary N) is 1. The lowest BCUT2D eigenvalue weighted by Gasteiger charge is -2.31. The summed E-state index contributed by atoms with van der Waals surface area (Å²) in [5.74, 6) is 0. The van der Waals surface area contributed by atoms with E-state index in [0.29, 0.717) is 6.04 Å². The largest absolute Gasteiger partial charge is 0.338 e. The van der Waals surface area contributed by atoms with Crippen LogP contribution in [0.2, 0.25) is 0 Å². The Kier molecular flexibility index (Phi) is 17.5. The SMILES string of the molecule is CCCCCCCCCCCCCCCCCCNC(=O)N(C)C1CCCCC1. The van der Waals surface area contributed by atoms with E-state index in [1.54, 1.807) is 0 Å². The van der Waals surface area contributed by atoms with Crippen molar-refractivity contribution in [3.8, 4) is 0 Å². The lowest BCUT2D eigenvalue weighted by atomic mass is 9.95. The molecule has 2 amide bonds. The summed E-state index contributed by atoms with van der Waals surface area (Å²) in [5.41, 5.74) is 0. The van der Waals surface area contributed by atoms with Crippen molar-refractivity contribution in [3.63, 3.8) is 0 Å². The van der Waals surface area contributed by atoms with E-state index in [-0.39, 0.29) is 6.03 Å². The minimum atomic E-state index is 0.137. The topological polar surface area (TPSA) is 32.3 Å². The Hall–Kier alpha value is -0.730. The van der Waals surface area contributed by atoms with E-state index in [1.807, 2.05) is 11.9 Å². The molecule has 0 aromatic heterocycles. The minimum Gasteiger partial charge on any atom is -0.338 e. The standard InChI is InChI=1S/C26H52N2O/c1-3-4-5-6-7-8-9-10-11-12-13-14-15-16-17-21-24-27-26(29)28(2)25-22-19-18-20-23-25/h25H,3-24H2,1-2H3,(H,27,29). The van der Waals surface area contributed by atoms with E-state index in [0.717, 1.165) is 13.0 Å². The molecule has 3 nitrogen and oxygen atoms in total. The molecule has 0 unspecified atom stereocenters. The Morgan fingerprint density at radius 3 is 1.55 bits per heavy atom. The third kappa shape index (κ3) is 14.8. The van der Waals surface area contributed by atoms with Gasteiger partial charge in [-0.3, -0.25) is 0 Å². The molecule has 0 atom stereocenters. The molecule has 1 fully saturated rings. The van der Waals surface area contributed by atoms with Crippen LogP contribution in [0.1, 0.15) is 142 Å². The van der Waals surface area contributed by atoms with Crippen molar-refractivity contribution < 1.29 is 4.79 Å². The first kappa shape index (κ1) is 26.3. The number of amides is 2. The van der Waals surface area contributed by atoms with Gasteiger partial charge in [0.1, 0.15) is 0 Å². The van der Waals surface area contributed by atoms with Crippen molar-refractivity contribution >= 4 is 6.03 Å². The maximum atomic E-state index is 12.2. The van der Waals surface area contributed by atoms with Crippen LogP contribution in [0.25, 0.3) is 0 Å². The molecule has 0 aromatic carbocycles. The average molecular weight is 409 g/mol. The molecule has 0 spiro atoms. The van der Waals surface area contributed by atoms with Gasteiger partial charge in [0, 0.05) is 19.6 Å². The summed E-state index contributed by atoms with van der Waals surface area (Å²) in [5, 5.41) is 3.12. The quantitative estimate of drug-likeness (QED) is 0.228. The predicted octanol–water partition coefficient (Wildman–Crippen LogP) is 8.22. The zero-order valence-corrected chi connectivity index (χ0v) is 20.0. The first-order chi connectivity index (χ1) is 14.3. The van der Waals surface area contributed by atoms with Gasteiger partial charge in [0.2, 0.25) is 0 Å². The number of carbonyl (C=O) groups excluding carboxylic acids is 1. The number of hydrogen-bond donors (Lipinski definition) is 1. The highest BCUT2D eigenvalue weighted by Gasteiger charge is 2.21. The van der Waals surface area contributed by atoms with Gasteiger partial charge in [0.25, 0.3) is 0 Å². The second kappa shape index (κ2) is 19.2. The van der Waals surface area contributed by atoms with Gasteiger partial charge in [0.05, 0.1) is 0 Å². The van der Waals surface area contributed by atoms with Crippen LogP contribution in [0.5, 0.6) is 0 Å². The van der Waals surface area contributed by atoms with Crippen molar-refractivity contribution in [1.29, 1.82) is 0 Å². The highest BCUT2D eigenvalue weighted by molar-refractivity contribution is 5.74. The second-order valence-electron chi connectivity index (χ2n) is 9.44. The van der Waals surface area contributed by atoms with Crippen LogP contribution in [0.3, 0.4) is 0 Å². The summed E-state index contributed by atoms with van der Waals surface area (Å²) < 4.78 is 0. The van der Waals surface area contributed by atoms with Crippen molar-refractivity contribution in [2.45, 2.75) is 148 Å². The summed E-state index contributed by atoms with van der Waals surface area (Å²) in [4.78, 5) is 14.2. The highest BCUT2D eigenvalue weighted by atomic mass is 16.2. The number of carbonyl (C=O) groups is 1. The third-order valence-electron chi connectivity index (χ3n) is 6.75. The number of rotatable bonds is 18. The molecule has 3 heteroatoms. The highest BCUT2D eigenvalue weighted by Crippen LogP contribution is 2.21. The number of hydrogen-bond acceptors (Lipinski definition) is 1. The van der Waals surface area contributed by atoms with E-state index in [1.165, 1.54) is 128 Å². The summed E-state index contributed by atoms with van der Waals surface area (Å²) >= 11 is 0. The fourth-order valence-electron chi connectivity index (χ4n) is 4.63. The molecule has 1 saturated carbocycles. The van der Waals surface area contributed by atoms with Gasteiger partial charge in [-0.2, -0.15) is 0 Å². The maximum Gasteiger partial charge on any atom is 0.317 e. The minimum absolute atomic E-state index is 0.137. The van der Waals surface area contributed by atoms with Crippen LogP contribution in [0.15, 0.2) is 0 Å². The number of nitrogens with zero attached hydrogens (tertiary/aromatic N) is 1. The van der Waals surface area contributed by atoms with Gasteiger partial charge in [0.15, 0.2) is 0 Å². The summed E-state index contributed by atoms with van der Waals surface area (Å²) in [6.45, 7) is 3.13. The first-order valence-corrected chi connectivity index (χ1v) is 13.3. The average Bonchev–Trinajstić information content (AvgIpc) is 2.75. The molecule has 1 rings (SSSR count). The maximum absolute atomic E-state index is 12.2. The van der Waals surface area contributed by atoms with Gasteiger partial charge in [-0.1, -0.05) is 122 Å². The molecular formula is C26H52N2O. The normalized spacial score (nSPS) is 14.8. The van der Waals surface area contributed by atoms with Crippen LogP contribution in [-0.2, 0) is 0 Å². The molecule has 29 heavy (non-hydrogen) atoms. The van der Waals surface area contributed by atoms with Crippen molar-refractivity contribution in [1.82, 2.24) is 10.2 Å². The fraction of sp³-hybridized carbons (Fsp3) is 0.962. The van der Waals surface area contributed by atoms with Crippen LogP contribution in [0, 0.1) is 0 Å². The van der Waals surface area contributed by atoms with Gasteiger partial charge >= 0.3 is 6.03 Å². The lowest BCUT2D eigenvalue weighted by molar-refractivity contribution is 0.173. The summed E-state index contributed by atoms with van der Waals surface area (Å²) in [6.07, 6.45) is 28.5. The Labute approximate surface area is 182 Å². The van der Waals surface area contributed by atoms with Crippen LogP contribution < -0.4 is 5.32 Å². The molecule has 0 aromatic rings. The molecule has 0 saturated heterocycles. The van der Waals surface area contributed by atoms with E-state index < -0.39 is 0 Å². The molecule has 172 valence electrons. The smallest absolute Gasteiger partial charge is 0.317 e. The lowest BCUT2D eigenvalue weighted by Crippen LogP contribution is -2.44. The fourth-order valence-corrected chi connectivity index (χ4v) is 4.63. The van der Waals surface area contributed by atoms with Gasteiger partial charge in [-0.25, -0.2) is 4.79 Å². The Morgan fingerprint density at radius 1 is 0.690 bits per heavy atom. The van der Waals surface area contributed by atoms with E-state index in [2.05, 4.69) is 12.2 Å². The first-order valence-electron chi connectivity index (χ1n) is 13.3. The van der Waals surface area contributed by atoms with Crippen molar-refractivity contribution in [2.24, 2.45) is 0 Å². The van der Waals surface area contributed by atoms with Crippen LogP contribution >= 0.6 is 0 Å². The molecule has 0 aliphatic heterocycles. The Morgan fingerprint density at radius 2 is 1.10 bits per heavy atom. The van der Waals surface area contributed by atoms with Gasteiger partial charge < -0.3 is 10.2 Å². The zero-order chi connectivity index (χ0) is 21.0. The molecule has 0 radical (unpaired) electrons. The van der Waals surface area contributed by atoms with Crippen molar-refractivity contribution in [3.05, 3.63) is 0 Å². The molecule has 1 aliphatic carbocycles. The Balaban J connectivity index is 1.77.